The van der Waals surface area contributed by atoms with Crippen LogP contribution in [0, 0.1) is 13.8 Å². The van der Waals surface area contributed by atoms with E-state index in [0.717, 1.165) is 34.4 Å². The molecule has 1 unspecified atom stereocenters. The van der Waals surface area contributed by atoms with E-state index < -0.39 is 21.9 Å². The second-order valence-electron chi connectivity index (χ2n) is 10.8. The summed E-state index contributed by atoms with van der Waals surface area (Å²) in [5.74, 6) is -0.455. The largest absolute Gasteiger partial charge is 0.325 e. The number of carbonyl (C=O) groups is 1. The van der Waals surface area contributed by atoms with E-state index in [2.05, 4.69) is 54.4 Å². The first-order valence-corrected chi connectivity index (χ1v) is 14.1. The zero-order valence-corrected chi connectivity index (χ0v) is 24.1. The van der Waals surface area contributed by atoms with E-state index in [-0.39, 0.29) is 11.8 Å². The van der Waals surface area contributed by atoms with E-state index in [0.29, 0.717) is 11.3 Å². The standard InChI is InChI=1S/C31H40N2O3S/c1-19(2)27-16-25(24-12-9-21(5)22(6)15-24)17-28(20(3)4)29(27)30(37(35)36)31(34)32-26-13-10-23(11-14-26)18-33(7)8/h9-17,19-20,30,37H,18H2,1-8H3,(H,32,34). The van der Waals surface area contributed by atoms with Crippen molar-refractivity contribution in [3.05, 3.63) is 88.0 Å². The van der Waals surface area contributed by atoms with Crippen molar-refractivity contribution in [3.8, 4) is 11.1 Å². The normalized spacial score (nSPS) is 12.5. The third kappa shape index (κ3) is 6.88. The summed E-state index contributed by atoms with van der Waals surface area (Å²) < 4.78 is 25.3. The summed E-state index contributed by atoms with van der Waals surface area (Å²) in [4.78, 5) is 15.6. The van der Waals surface area contributed by atoms with Gasteiger partial charge in [0.25, 0.3) is 0 Å². The minimum atomic E-state index is -3.07. The molecule has 1 atom stereocenters. The maximum Gasteiger partial charge on any atom is 0.247 e. The van der Waals surface area contributed by atoms with Crippen molar-refractivity contribution in [1.82, 2.24) is 4.90 Å². The van der Waals surface area contributed by atoms with Crippen molar-refractivity contribution in [2.45, 2.75) is 65.2 Å². The first-order chi connectivity index (χ1) is 17.4. The lowest BCUT2D eigenvalue weighted by Gasteiger charge is -2.25. The van der Waals surface area contributed by atoms with Crippen LogP contribution in [-0.2, 0) is 22.0 Å². The Labute approximate surface area is 223 Å². The van der Waals surface area contributed by atoms with Gasteiger partial charge in [-0.3, -0.25) is 4.79 Å². The quantitative estimate of drug-likeness (QED) is 0.313. The molecule has 5 nitrogen and oxygen atoms in total. The average Bonchev–Trinajstić information content (AvgIpc) is 2.81. The fraction of sp³-hybridized carbons (Fsp3) is 0.387. The number of rotatable bonds is 9. The van der Waals surface area contributed by atoms with Crippen molar-refractivity contribution < 1.29 is 13.2 Å². The number of anilines is 1. The highest BCUT2D eigenvalue weighted by atomic mass is 32.2. The Morgan fingerprint density at radius 3 is 1.84 bits per heavy atom. The molecule has 198 valence electrons. The molecule has 3 rings (SSSR count). The molecule has 0 bridgehead atoms. The second-order valence-corrected chi connectivity index (χ2v) is 11.9. The Hall–Kier alpha value is -2.96. The van der Waals surface area contributed by atoms with Crippen molar-refractivity contribution in [3.63, 3.8) is 0 Å². The summed E-state index contributed by atoms with van der Waals surface area (Å²) >= 11 is 0. The summed E-state index contributed by atoms with van der Waals surface area (Å²) in [6.07, 6.45) is 0. The molecule has 1 amide bonds. The molecule has 0 spiro atoms. The summed E-state index contributed by atoms with van der Waals surface area (Å²) in [6, 6.07) is 18.0. The molecule has 0 aromatic heterocycles. The van der Waals surface area contributed by atoms with E-state index in [9.17, 15) is 13.2 Å². The summed E-state index contributed by atoms with van der Waals surface area (Å²) in [5, 5.41) is 1.58. The number of carbonyl (C=O) groups excluding carboxylic acids is 1. The molecule has 0 aliphatic carbocycles. The second kappa shape index (κ2) is 12.1. The van der Waals surface area contributed by atoms with Crippen LogP contribution in [-0.4, -0.2) is 33.3 Å². The third-order valence-corrected chi connectivity index (χ3v) is 7.70. The molecular formula is C31H40N2O3S. The van der Waals surface area contributed by atoms with E-state index in [1.807, 2.05) is 66.1 Å². The Morgan fingerprint density at radius 1 is 0.811 bits per heavy atom. The molecule has 0 saturated heterocycles. The highest BCUT2D eigenvalue weighted by molar-refractivity contribution is 7.73. The highest BCUT2D eigenvalue weighted by Gasteiger charge is 2.31. The van der Waals surface area contributed by atoms with Crippen molar-refractivity contribution in [2.24, 2.45) is 0 Å². The summed E-state index contributed by atoms with van der Waals surface area (Å²) in [7, 11) is 0.922. The highest BCUT2D eigenvalue weighted by Crippen LogP contribution is 2.39. The summed E-state index contributed by atoms with van der Waals surface area (Å²) in [5.41, 5.74) is 8.63. The van der Waals surface area contributed by atoms with Gasteiger partial charge >= 0.3 is 0 Å². The molecule has 0 saturated carbocycles. The molecule has 1 N–H and O–H groups in total. The monoisotopic (exact) mass is 520 g/mol. The molecule has 37 heavy (non-hydrogen) atoms. The lowest BCUT2D eigenvalue weighted by molar-refractivity contribution is -0.115. The molecule has 6 heteroatoms. The number of hydrogen-bond acceptors (Lipinski definition) is 4. The van der Waals surface area contributed by atoms with Crippen LogP contribution in [0.15, 0.2) is 54.6 Å². The molecule has 0 heterocycles. The Morgan fingerprint density at radius 2 is 1.38 bits per heavy atom. The number of nitrogens with one attached hydrogen (secondary N) is 1. The van der Waals surface area contributed by atoms with E-state index in [4.69, 9.17) is 0 Å². The number of hydrogen-bond donors (Lipinski definition) is 2. The Kier molecular flexibility index (Phi) is 9.32. The van der Waals surface area contributed by atoms with Crippen LogP contribution in [0.5, 0.6) is 0 Å². The average molecular weight is 521 g/mol. The van der Waals surface area contributed by atoms with Crippen LogP contribution in [0.2, 0.25) is 0 Å². The van der Waals surface area contributed by atoms with Gasteiger partial charge in [0.05, 0.1) is 0 Å². The van der Waals surface area contributed by atoms with Crippen LogP contribution in [0.3, 0.4) is 0 Å². The minimum absolute atomic E-state index is 0.0366. The molecule has 0 aliphatic heterocycles. The number of nitrogens with zero attached hydrogens (tertiary/aromatic N) is 1. The maximum absolute atomic E-state index is 13.5. The van der Waals surface area contributed by atoms with Crippen molar-refractivity contribution in [2.75, 3.05) is 19.4 Å². The SMILES string of the molecule is Cc1ccc(-c2cc(C(C)C)c(C(C(=O)Nc3ccc(CN(C)C)cc3)[SH](=O)=O)c(C(C)C)c2)cc1C. The predicted molar refractivity (Wildman–Crippen MR) is 155 cm³/mol. The summed E-state index contributed by atoms with van der Waals surface area (Å²) in [6.45, 7) is 13.1. The molecule has 3 aromatic carbocycles. The van der Waals surface area contributed by atoms with Gasteiger partial charge in [-0.2, -0.15) is 0 Å². The zero-order chi connectivity index (χ0) is 27.4. The van der Waals surface area contributed by atoms with Gasteiger partial charge in [0.2, 0.25) is 5.91 Å². The van der Waals surface area contributed by atoms with Crippen LogP contribution >= 0.6 is 0 Å². The van der Waals surface area contributed by atoms with Crippen LogP contribution in [0.25, 0.3) is 11.1 Å². The van der Waals surface area contributed by atoms with Crippen LogP contribution in [0.4, 0.5) is 5.69 Å². The zero-order valence-electron chi connectivity index (χ0n) is 23.3. The van der Waals surface area contributed by atoms with Gasteiger partial charge < -0.3 is 10.2 Å². The predicted octanol–water partition coefficient (Wildman–Crippen LogP) is 6.57. The number of thiol groups is 1. The number of aryl methyl sites for hydroxylation is 2. The number of amides is 1. The van der Waals surface area contributed by atoms with E-state index >= 15 is 0 Å². The topological polar surface area (TPSA) is 66.5 Å². The van der Waals surface area contributed by atoms with Crippen molar-refractivity contribution in [1.29, 1.82) is 0 Å². The molecule has 0 fully saturated rings. The minimum Gasteiger partial charge on any atom is -0.325 e. The van der Waals surface area contributed by atoms with Crippen LogP contribution < -0.4 is 5.32 Å². The first kappa shape index (κ1) is 28.6. The number of benzene rings is 3. The lowest BCUT2D eigenvalue weighted by atomic mass is 9.83. The van der Waals surface area contributed by atoms with Gasteiger partial charge in [-0.15, -0.1) is 0 Å². The van der Waals surface area contributed by atoms with Gasteiger partial charge in [-0.25, -0.2) is 8.42 Å². The fourth-order valence-electron chi connectivity index (χ4n) is 4.66. The Bertz CT molecular complexity index is 1300. The lowest BCUT2D eigenvalue weighted by Crippen LogP contribution is -2.25. The van der Waals surface area contributed by atoms with Crippen molar-refractivity contribution >= 4 is 22.3 Å². The molecule has 0 radical (unpaired) electrons. The van der Waals surface area contributed by atoms with E-state index in [1.165, 1.54) is 11.1 Å². The third-order valence-electron chi connectivity index (χ3n) is 6.78. The van der Waals surface area contributed by atoms with Gasteiger partial charge in [-0.1, -0.05) is 70.2 Å². The van der Waals surface area contributed by atoms with Gasteiger partial charge in [-0.05, 0) is 96.4 Å². The molecule has 0 aliphatic rings. The van der Waals surface area contributed by atoms with E-state index in [1.54, 1.807) is 0 Å². The van der Waals surface area contributed by atoms with Gasteiger partial charge in [0, 0.05) is 12.2 Å². The van der Waals surface area contributed by atoms with Gasteiger partial charge in [0.1, 0.15) is 0 Å². The van der Waals surface area contributed by atoms with Crippen LogP contribution in [0.1, 0.15) is 78.2 Å². The smallest absolute Gasteiger partial charge is 0.247 e. The van der Waals surface area contributed by atoms with Gasteiger partial charge in [0.15, 0.2) is 16.0 Å². The maximum atomic E-state index is 13.5. The fourth-order valence-corrected chi connectivity index (χ4v) is 5.42. The first-order valence-electron chi connectivity index (χ1n) is 12.8. The molecular weight excluding hydrogens is 480 g/mol. The Balaban J connectivity index is 2.10. The molecule has 3 aromatic rings.